The highest BCUT2D eigenvalue weighted by Crippen LogP contribution is 2.35. The van der Waals surface area contributed by atoms with E-state index in [2.05, 4.69) is 5.32 Å². The van der Waals surface area contributed by atoms with Crippen molar-refractivity contribution in [3.8, 4) is 5.75 Å². The van der Waals surface area contributed by atoms with Crippen LogP contribution in [-0.2, 0) is 30.8 Å². The van der Waals surface area contributed by atoms with Crippen LogP contribution in [0.25, 0.3) is 0 Å². The second-order valence-electron chi connectivity index (χ2n) is 8.28. The van der Waals surface area contributed by atoms with E-state index >= 15 is 0 Å². The van der Waals surface area contributed by atoms with Gasteiger partial charge in [0.25, 0.3) is 5.91 Å². The van der Waals surface area contributed by atoms with Gasteiger partial charge in [0.05, 0.1) is 23.8 Å². The topological polar surface area (TPSA) is 105 Å². The maximum Gasteiger partial charge on any atom is 0.265 e. The zero-order valence-electron chi connectivity index (χ0n) is 19.1. The Hall–Kier alpha value is -2.95. The number of carbonyl (C=O) groups is 2. The zero-order valence-corrected chi connectivity index (χ0v) is 19.9. The van der Waals surface area contributed by atoms with Gasteiger partial charge in [-0.15, -0.1) is 0 Å². The lowest BCUT2D eigenvalue weighted by Crippen LogP contribution is -2.47. The first kappa shape index (κ1) is 24.2. The molecule has 2 aliphatic rings. The van der Waals surface area contributed by atoms with Crippen LogP contribution in [0.2, 0.25) is 0 Å². The molecule has 1 atom stereocenters. The molecule has 9 nitrogen and oxygen atoms in total. The van der Waals surface area contributed by atoms with Crippen molar-refractivity contribution in [1.82, 2.24) is 9.62 Å². The van der Waals surface area contributed by atoms with Crippen molar-refractivity contribution in [3.63, 3.8) is 0 Å². The molecule has 0 bridgehead atoms. The highest BCUT2D eigenvalue weighted by atomic mass is 32.2. The largest absolute Gasteiger partial charge is 0.482 e. The van der Waals surface area contributed by atoms with E-state index in [1.54, 1.807) is 0 Å². The van der Waals surface area contributed by atoms with Crippen molar-refractivity contribution in [2.75, 3.05) is 44.4 Å². The monoisotopic (exact) mass is 487 g/mol. The van der Waals surface area contributed by atoms with Crippen LogP contribution in [0.15, 0.2) is 53.4 Å². The number of fused-ring (bicyclic) bond motifs is 1. The second kappa shape index (κ2) is 10.5. The Labute approximate surface area is 199 Å². The Kier molecular flexibility index (Phi) is 7.50. The molecule has 2 aromatic carbocycles. The van der Waals surface area contributed by atoms with Gasteiger partial charge in [-0.3, -0.25) is 14.5 Å². The van der Waals surface area contributed by atoms with Crippen LogP contribution in [0.3, 0.4) is 0 Å². The number of rotatable bonds is 8. The van der Waals surface area contributed by atoms with Gasteiger partial charge in [0, 0.05) is 19.1 Å². The van der Waals surface area contributed by atoms with E-state index in [0.29, 0.717) is 25.4 Å². The number of nitrogens with zero attached hydrogens (tertiary/aromatic N) is 2. The SMILES string of the molecule is CC[C@H](Cc1ccccc1)NC(=O)CN1C(=O)COc2ccc(S(=O)(=O)N3CCOCC3)cc21. The van der Waals surface area contributed by atoms with Gasteiger partial charge < -0.3 is 14.8 Å². The number of carbonyl (C=O) groups excluding carboxylic acids is 2. The van der Waals surface area contributed by atoms with Gasteiger partial charge in [-0.05, 0) is 36.6 Å². The first-order valence-electron chi connectivity index (χ1n) is 11.4. The lowest BCUT2D eigenvalue weighted by Gasteiger charge is -2.31. The fraction of sp³-hybridized carbons (Fsp3) is 0.417. The number of hydrogen-bond acceptors (Lipinski definition) is 6. The van der Waals surface area contributed by atoms with Gasteiger partial charge in [-0.25, -0.2) is 8.42 Å². The molecule has 0 aliphatic carbocycles. The maximum absolute atomic E-state index is 13.1. The quantitative estimate of drug-likeness (QED) is 0.606. The molecule has 1 saturated heterocycles. The average molecular weight is 488 g/mol. The Morgan fingerprint density at radius 2 is 1.85 bits per heavy atom. The summed E-state index contributed by atoms with van der Waals surface area (Å²) in [5.41, 5.74) is 1.39. The standard InChI is InChI=1S/C24H29N3O6S/c1-2-19(14-18-6-4-3-5-7-18)25-23(28)16-27-21-15-20(8-9-22(21)33-17-24(27)29)34(30,31)26-10-12-32-13-11-26/h3-9,15,19H,2,10-14,16-17H2,1H3,(H,25,28)/t19-/m1/s1. The summed E-state index contributed by atoms with van der Waals surface area (Å²) in [6.45, 7) is 2.76. The van der Waals surface area contributed by atoms with Crippen LogP contribution in [0.4, 0.5) is 5.69 Å². The summed E-state index contributed by atoms with van der Waals surface area (Å²) in [6, 6.07) is 14.2. The van der Waals surface area contributed by atoms with Crippen molar-refractivity contribution in [2.24, 2.45) is 0 Å². The molecule has 182 valence electrons. The highest BCUT2D eigenvalue weighted by Gasteiger charge is 2.32. The van der Waals surface area contributed by atoms with E-state index in [1.807, 2.05) is 37.3 Å². The van der Waals surface area contributed by atoms with Crippen LogP contribution >= 0.6 is 0 Å². The highest BCUT2D eigenvalue weighted by molar-refractivity contribution is 7.89. The third-order valence-electron chi connectivity index (χ3n) is 5.97. The molecule has 2 aliphatic heterocycles. The molecule has 4 rings (SSSR count). The number of hydrogen-bond donors (Lipinski definition) is 1. The first-order chi connectivity index (χ1) is 16.4. The average Bonchev–Trinajstić information content (AvgIpc) is 2.86. The van der Waals surface area contributed by atoms with Gasteiger partial charge in [0.1, 0.15) is 12.3 Å². The van der Waals surface area contributed by atoms with E-state index in [-0.39, 0.29) is 48.8 Å². The molecule has 0 unspecified atom stereocenters. The lowest BCUT2D eigenvalue weighted by atomic mass is 10.0. The summed E-state index contributed by atoms with van der Waals surface area (Å²) < 4.78 is 38.3. The second-order valence-corrected chi connectivity index (χ2v) is 10.2. The van der Waals surface area contributed by atoms with E-state index in [9.17, 15) is 18.0 Å². The maximum atomic E-state index is 13.1. The predicted octanol–water partition coefficient (Wildman–Crippen LogP) is 1.57. The normalized spacial score (nSPS) is 17.6. The van der Waals surface area contributed by atoms with Crippen LogP contribution < -0.4 is 15.0 Å². The number of nitrogens with one attached hydrogen (secondary N) is 1. The number of ether oxygens (including phenoxy) is 2. The molecule has 0 saturated carbocycles. The summed E-state index contributed by atoms with van der Waals surface area (Å²) in [6.07, 6.45) is 1.41. The molecule has 0 spiro atoms. The van der Waals surface area contributed by atoms with Crippen LogP contribution in [0.5, 0.6) is 5.75 Å². The van der Waals surface area contributed by atoms with Gasteiger partial charge in [-0.1, -0.05) is 37.3 Å². The molecule has 34 heavy (non-hydrogen) atoms. The zero-order chi connectivity index (χ0) is 24.1. The van der Waals surface area contributed by atoms with Crippen LogP contribution in [0, 0.1) is 0 Å². The lowest BCUT2D eigenvalue weighted by molar-refractivity contribution is -0.125. The number of benzene rings is 2. The third-order valence-corrected chi connectivity index (χ3v) is 7.86. The third kappa shape index (κ3) is 5.40. The minimum atomic E-state index is -3.76. The van der Waals surface area contributed by atoms with E-state index < -0.39 is 15.9 Å². The number of amides is 2. The summed E-state index contributed by atoms with van der Waals surface area (Å²) >= 11 is 0. The molecule has 0 radical (unpaired) electrons. The molecule has 2 aromatic rings. The van der Waals surface area contributed by atoms with Crippen LogP contribution in [0.1, 0.15) is 18.9 Å². The van der Waals surface area contributed by atoms with Crippen molar-refractivity contribution in [2.45, 2.75) is 30.7 Å². The van der Waals surface area contributed by atoms with Gasteiger partial charge in [0.15, 0.2) is 6.61 Å². The molecule has 1 N–H and O–H groups in total. The number of morpholine rings is 1. The van der Waals surface area contributed by atoms with Gasteiger partial charge in [0.2, 0.25) is 15.9 Å². The Morgan fingerprint density at radius 1 is 1.12 bits per heavy atom. The summed E-state index contributed by atoms with van der Waals surface area (Å²) in [5.74, 6) is -0.352. The van der Waals surface area contributed by atoms with Crippen molar-refractivity contribution < 1.29 is 27.5 Å². The molecule has 1 fully saturated rings. The predicted molar refractivity (Wildman–Crippen MR) is 126 cm³/mol. The van der Waals surface area contributed by atoms with E-state index in [0.717, 1.165) is 12.0 Å². The molecule has 0 aromatic heterocycles. The Morgan fingerprint density at radius 3 is 2.56 bits per heavy atom. The molecule has 2 amide bonds. The van der Waals surface area contributed by atoms with Crippen molar-refractivity contribution in [1.29, 1.82) is 0 Å². The van der Waals surface area contributed by atoms with E-state index in [4.69, 9.17) is 9.47 Å². The van der Waals surface area contributed by atoms with Gasteiger partial charge >= 0.3 is 0 Å². The summed E-state index contributed by atoms with van der Waals surface area (Å²) in [5, 5.41) is 3.00. The molecule has 10 heteroatoms. The molecule has 2 heterocycles. The van der Waals surface area contributed by atoms with Gasteiger partial charge in [-0.2, -0.15) is 4.31 Å². The fourth-order valence-electron chi connectivity index (χ4n) is 4.06. The molecular weight excluding hydrogens is 458 g/mol. The van der Waals surface area contributed by atoms with Crippen molar-refractivity contribution >= 4 is 27.5 Å². The fourth-order valence-corrected chi connectivity index (χ4v) is 5.49. The summed E-state index contributed by atoms with van der Waals surface area (Å²) in [7, 11) is -3.76. The number of sulfonamides is 1. The molecular formula is C24H29N3O6S. The smallest absolute Gasteiger partial charge is 0.265 e. The minimum absolute atomic E-state index is 0.0485. The summed E-state index contributed by atoms with van der Waals surface area (Å²) in [4.78, 5) is 26.9. The first-order valence-corrected chi connectivity index (χ1v) is 12.8. The van der Waals surface area contributed by atoms with Crippen LogP contribution in [-0.4, -0.2) is 70.0 Å². The minimum Gasteiger partial charge on any atom is -0.482 e. The van der Waals surface area contributed by atoms with Crippen molar-refractivity contribution in [3.05, 3.63) is 54.1 Å². The van der Waals surface area contributed by atoms with E-state index in [1.165, 1.54) is 27.4 Å². The Bertz CT molecular complexity index is 1130. The Balaban J connectivity index is 1.51. The number of anilines is 1.